The highest BCUT2D eigenvalue weighted by atomic mass is 32.2. The highest BCUT2D eigenvalue weighted by Gasteiger charge is 2.30. The monoisotopic (exact) mass is 560 g/mol. The summed E-state index contributed by atoms with van der Waals surface area (Å²) in [6.45, 7) is 2.64. The van der Waals surface area contributed by atoms with E-state index in [2.05, 4.69) is 16.0 Å². The topological polar surface area (TPSA) is 62.7 Å². The molecule has 1 N–H and O–H groups in total. The van der Waals surface area contributed by atoms with Crippen molar-refractivity contribution >= 4 is 28.6 Å². The molecule has 210 valence electrons. The van der Waals surface area contributed by atoms with Crippen LogP contribution in [0.4, 0.5) is 13.2 Å². The first-order valence-electron chi connectivity index (χ1n) is 13.4. The number of ether oxygens (including phenoxy) is 1. The van der Waals surface area contributed by atoms with Gasteiger partial charge in [-0.15, -0.1) is 11.8 Å². The Kier molecular flexibility index (Phi) is 10.1. The van der Waals surface area contributed by atoms with Crippen LogP contribution in [0.1, 0.15) is 43.2 Å². The number of hydrogen-bond donors (Lipinski definition) is 1. The maximum Gasteiger partial charge on any atom is 0.416 e. The van der Waals surface area contributed by atoms with Crippen LogP contribution in [0.3, 0.4) is 0 Å². The normalized spacial score (nSPS) is 18.4. The third-order valence-corrected chi connectivity index (χ3v) is 8.61. The predicted octanol–water partition coefficient (Wildman–Crippen LogP) is 7.18. The number of fused-ring (bicyclic) bond motifs is 1. The van der Waals surface area contributed by atoms with E-state index >= 15 is 0 Å². The molecule has 1 fully saturated rings. The van der Waals surface area contributed by atoms with Crippen molar-refractivity contribution in [1.82, 2.24) is 9.88 Å². The fourth-order valence-electron chi connectivity index (χ4n) is 5.49. The lowest BCUT2D eigenvalue weighted by Gasteiger charge is -2.39. The zero-order valence-electron chi connectivity index (χ0n) is 22.1. The molecular formula is C30H35F3N2O3S. The highest BCUT2D eigenvalue weighted by Crippen LogP contribution is 2.34. The molecule has 0 radical (unpaired) electrons. The quantitative estimate of drug-likeness (QED) is 0.237. The van der Waals surface area contributed by atoms with Gasteiger partial charge in [0.15, 0.2) is 0 Å². The van der Waals surface area contributed by atoms with Gasteiger partial charge < -0.3 is 14.7 Å². The summed E-state index contributed by atoms with van der Waals surface area (Å²) in [5.41, 5.74) is 1.57. The molecule has 2 unspecified atom stereocenters. The minimum absolute atomic E-state index is 0.171. The second-order valence-electron chi connectivity index (χ2n) is 10.2. The summed E-state index contributed by atoms with van der Waals surface area (Å²) in [5, 5.41) is 10.4. The number of hydrogen-bond acceptors (Lipinski definition) is 5. The molecule has 0 bridgehead atoms. The van der Waals surface area contributed by atoms with Crippen LogP contribution in [0.5, 0.6) is 5.75 Å². The molecule has 2 atom stereocenters. The Labute approximate surface area is 231 Å². The molecule has 1 saturated heterocycles. The molecule has 39 heavy (non-hydrogen) atoms. The zero-order valence-corrected chi connectivity index (χ0v) is 22.9. The molecular weight excluding hydrogens is 525 g/mol. The summed E-state index contributed by atoms with van der Waals surface area (Å²) < 4.78 is 43.8. The molecule has 1 aromatic heterocycles. The number of carboxylic acid groups (broad SMARTS) is 1. The maximum atomic E-state index is 12.8. The van der Waals surface area contributed by atoms with Gasteiger partial charge in [0.1, 0.15) is 5.75 Å². The number of alkyl halides is 3. The minimum Gasteiger partial charge on any atom is -0.497 e. The van der Waals surface area contributed by atoms with Crippen LogP contribution in [0.25, 0.3) is 10.9 Å². The van der Waals surface area contributed by atoms with Crippen LogP contribution in [0, 0.1) is 11.8 Å². The van der Waals surface area contributed by atoms with Gasteiger partial charge in [-0.3, -0.25) is 9.78 Å². The number of benzene rings is 2. The number of nitrogens with zero attached hydrogens (tertiary/aromatic N) is 2. The number of thioether (sulfide) groups is 1. The van der Waals surface area contributed by atoms with Crippen molar-refractivity contribution in [3.8, 4) is 5.75 Å². The first kappa shape index (κ1) is 29.2. The fraction of sp³-hybridized carbons (Fsp3) is 0.467. The number of likely N-dealkylation sites (tertiary alicyclic amines) is 1. The number of carbonyl (C=O) groups is 1. The van der Waals surface area contributed by atoms with Gasteiger partial charge in [0.25, 0.3) is 0 Å². The van der Waals surface area contributed by atoms with Gasteiger partial charge in [-0.25, -0.2) is 0 Å². The number of aromatic nitrogens is 1. The average molecular weight is 561 g/mol. The van der Waals surface area contributed by atoms with E-state index in [9.17, 15) is 23.1 Å². The summed E-state index contributed by atoms with van der Waals surface area (Å²) in [6, 6.07) is 13.3. The molecule has 0 amide bonds. The Bertz CT molecular complexity index is 1240. The number of aryl methyl sites for hydroxylation is 1. The van der Waals surface area contributed by atoms with Gasteiger partial charge in [0.05, 0.1) is 18.2 Å². The van der Waals surface area contributed by atoms with Crippen molar-refractivity contribution in [2.24, 2.45) is 11.8 Å². The Hall–Kier alpha value is -2.78. The summed E-state index contributed by atoms with van der Waals surface area (Å²) in [6.07, 6.45) is 2.39. The molecule has 0 saturated carbocycles. The van der Waals surface area contributed by atoms with Crippen LogP contribution in [-0.4, -0.2) is 53.5 Å². The lowest BCUT2D eigenvalue weighted by molar-refractivity contribution is -0.138. The Balaban J connectivity index is 1.29. The second kappa shape index (κ2) is 13.5. The third kappa shape index (κ3) is 8.35. The number of rotatable bonds is 12. The largest absolute Gasteiger partial charge is 0.497 e. The standard InChI is InChI=1S/C30H35F3N2O3S/c1-38-25-8-11-28-27(19-25)22(13-15-34-28)4-2-3-21-14-16-35(20-23(21)5-12-29(36)37)17-18-39-26-9-6-24(7-10-26)30(31,32)33/h6-11,13,15,19,21,23H,2-5,12,14,16-18,20H2,1H3,(H,36,37). The van der Waals surface area contributed by atoms with Crippen molar-refractivity contribution in [3.05, 3.63) is 65.9 Å². The Morgan fingerprint density at radius 3 is 2.64 bits per heavy atom. The van der Waals surface area contributed by atoms with Crippen molar-refractivity contribution < 1.29 is 27.8 Å². The lowest BCUT2D eigenvalue weighted by atomic mass is 9.79. The highest BCUT2D eigenvalue weighted by molar-refractivity contribution is 7.99. The molecule has 1 aliphatic rings. The summed E-state index contributed by atoms with van der Waals surface area (Å²) in [4.78, 5) is 19.0. The third-order valence-electron chi connectivity index (χ3n) is 7.62. The summed E-state index contributed by atoms with van der Waals surface area (Å²) >= 11 is 1.55. The van der Waals surface area contributed by atoms with E-state index in [1.165, 1.54) is 17.7 Å². The smallest absolute Gasteiger partial charge is 0.416 e. The SMILES string of the molecule is COc1ccc2nccc(CCCC3CCN(CCSc4ccc(C(F)(F)F)cc4)CC3CCC(=O)O)c2c1. The van der Waals surface area contributed by atoms with E-state index in [1.807, 2.05) is 24.4 Å². The molecule has 5 nitrogen and oxygen atoms in total. The summed E-state index contributed by atoms with van der Waals surface area (Å²) in [7, 11) is 1.66. The lowest BCUT2D eigenvalue weighted by Crippen LogP contribution is -2.41. The van der Waals surface area contributed by atoms with Gasteiger partial charge in [0, 0.05) is 41.7 Å². The average Bonchev–Trinajstić information content (AvgIpc) is 2.92. The first-order chi connectivity index (χ1) is 18.7. The molecule has 9 heteroatoms. The number of carboxylic acids is 1. The second-order valence-corrected chi connectivity index (χ2v) is 11.3. The van der Waals surface area contributed by atoms with Gasteiger partial charge in [-0.2, -0.15) is 13.2 Å². The van der Waals surface area contributed by atoms with E-state index in [4.69, 9.17) is 4.74 Å². The van der Waals surface area contributed by atoms with Gasteiger partial charge >= 0.3 is 12.1 Å². The van der Waals surface area contributed by atoms with E-state index < -0.39 is 17.7 Å². The maximum absolute atomic E-state index is 12.8. The van der Waals surface area contributed by atoms with E-state index in [0.717, 1.165) is 84.8 Å². The van der Waals surface area contributed by atoms with Crippen molar-refractivity contribution in [2.75, 3.05) is 32.5 Å². The van der Waals surface area contributed by atoms with E-state index in [-0.39, 0.29) is 6.42 Å². The molecule has 4 rings (SSSR count). The van der Waals surface area contributed by atoms with Gasteiger partial charge in [0.2, 0.25) is 0 Å². The number of methoxy groups -OCH3 is 1. The summed E-state index contributed by atoms with van der Waals surface area (Å²) in [5.74, 6) is 1.63. The number of aliphatic carboxylic acids is 1. The molecule has 1 aliphatic heterocycles. The van der Waals surface area contributed by atoms with Crippen molar-refractivity contribution in [1.29, 1.82) is 0 Å². The van der Waals surface area contributed by atoms with E-state index in [0.29, 0.717) is 18.3 Å². The van der Waals surface area contributed by atoms with Crippen LogP contribution in [0.15, 0.2) is 59.6 Å². The number of pyridine rings is 1. The van der Waals surface area contributed by atoms with Crippen LogP contribution < -0.4 is 4.74 Å². The number of halogens is 3. The molecule has 2 heterocycles. The fourth-order valence-corrected chi connectivity index (χ4v) is 6.40. The molecule has 0 aliphatic carbocycles. The predicted molar refractivity (Wildman–Crippen MR) is 148 cm³/mol. The van der Waals surface area contributed by atoms with Gasteiger partial charge in [-0.05, 0) is 105 Å². The molecule has 2 aromatic carbocycles. The van der Waals surface area contributed by atoms with Crippen molar-refractivity contribution in [3.63, 3.8) is 0 Å². The van der Waals surface area contributed by atoms with Crippen LogP contribution in [-0.2, 0) is 17.4 Å². The van der Waals surface area contributed by atoms with Gasteiger partial charge in [-0.1, -0.05) is 0 Å². The van der Waals surface area contributed by atoms with E-state index in [1.54, 1.807) is 18.9 Å². The Morgan fingerprint density at radius 2 is 1.92 bits per heavy atom. The van der Waals surface area contributed by atoms with Crippen LogP contribution in [0.2, 0.25) is 0 Å². The molecule has 3 aromatic rings. The zero-order chi connectivity index (χ0) is 27.8. The Morgan fingerprint density at radius 1 is 1.13 bits per heavy atom. The van der Waals surface area contributed by atoms with Crippen molar-refractivity contribution in [2.45, 2.75) is 49.6 Å². The van der Waals surface area contributed by atoms with Crippen LogP contribution >= 0.6 is 11.8 Å². The molecule has 0 spiro atoms. The number of piperidine rings is 1. The first-order valence-corrected chi connectivity index (χ1v) is 14.4. The minimum atomic E-state index is -4.32.